The Morgan fingerprint density at radius 3 is 2.33 bits per heavy atom. The first-order valence-electron chi connectivity index (χ1n) is 9.39. The molecule has 4 saturated carbocycles. The summed E-state index contributed by atoms with van der Waals surface area (Å²) in [6, 6.07) is 2.24. The van der Waals surface area contributed by atoms with E-state index < -0.39 is 30.1 Å². The second kappa shape index (κ2) is 6.83. The van der Waals surface area contributed by atoms with Crippen LogP contribution in [-0.4, -0.2) is 35.0 Å². The molecule has 0 aromatic carbocycles. The van der Waals surface area contributed by atoms with Gasteiger partial charge in [0.1, 0.15) is 5.56 Å². The summed E-state index contributed by atoms with van der Waals surface area (Å²) in [5.74, 6) is 0.401. The van der Waals surface area contributed by atoms with Crippen LogP contribution in [0, 0.1) is 17.8 Å². The highest BCUT2D eigenvalue weighted by molar-refractivity contribution is 5.97. The Morgan fingerprint density at radius 2 is 1.74 bits per heavy atom. The summed E-state index contributed by atoms with van der Waals surface area (Å²) in [6.45, 7) is -0.624. The van der Waals surface area contributed by atoms with E-state index in [9.17, 15) is 19.2 Å². The van der Waals surface area contributed by atoms with Gasteiger partial charge in [0, 0.05) is 11.7 Å². The van der Waals surface area contributed by atoms with Crippen molar-refractivity contribution in [3.63, 3.8) is 0 Å². The molecule has 1 aromatic heterocycles. The van der Waals surface area contributed by atoms with Crippen molar-refractivity contribution in [2.24, 2.45) is 17.8 Å². The van der Waals surface area contributed by atoms with Crippen molar-refractivity contribution in [3.8, 4) is 0 Å². The maximum absolute atomic E-state index is 12.3. The number of rotatable bonds is 4. The number of imide groups is 1. The Morgan fingerprint density at radius 1 is 1.11 bits per heavy atom. The normalized spacial score (nSPS) is 30.6. The van der Waals surface area contributed by atoms with Crippen LogP contribution in [0.5, 0.6) is 0 Å². The van der Waals surface area contributed by atoms with Crippen molar-refractivity contribution in [3.05, 3.63) is 34.2 Å². The van der Waals surface area contributed by atoms with Crippen LogP contribution in [0.3, 0.4) is 0 Å². The molecule has 144 valence electrons. The molecule has 1 heterocycles. The van der Waals surface area contributed by atoms with E-state index >= 15 is 0 Å². The van der Waals surface area contributed by atoms with Crippen molar-refractivity contribution < 1.29 is 19.1 Å². The van der Waals surface area contributed by atoms with Crippen LogP contribution in [-0.2, 0) is 9.53 Å². The van der Waals surface area contributed by atoms with E-state index in [2.05, 4.69) is 15.6 Å². The molecule has 4 fully saturated rings. The van der Waals surface area contributed by atoms with Crippen LogP contribution >= 0.6 is 0 Å². The lowest BCUT2D eigenvalue weighted by molar-refractivity contribution is -0.123. The molecule has 8 nitrogen and oxygen atoms in total. The average molecular weight is 373 g/mol. The lowest BCUT2D eigenvalue weighted by atomic mass is 9.53. The van der Waals surface area contributed by atoms with Gasteiger partial charge in [0.15, 0.2) is 6.61 Å². The van der Waals surface area contributed by atoms with Gasteiger partial charge in [0.2, 0.25) is 0 Å². The van der Waals surface area contributed by atoms with Crippen LogP contribution in [0.1, 0.15) is 48.9 Å². The monoisotopic (exact) mass is 373 g/mol. The molecule has 3 N–H and O–H groups in total. The molecular formula is C19H23N3O5. The molecule has 0 spiro atoms. The van der Waals surface area contributed by atoms with E-state index in [0.717, 1.165) is 19.3 Å². The van der Waals surface area contributed by atoms with Gasteiger partial charge in [-0.15, -0.1) is 0 Å². The van der Waals surface area contributed by atoms with Crippen LogP contribution < -0.4 is 16.2 Å². The van der Waals surface area contributed by atoms with Gasteiger partial charge < -0.3 is 15.0 Å². The molecular weight excluding hydrogens is 350 g/mol. The number of carbonyl (C=O) groups excluding carboxylic acids is 3. The standard InChI is InChI=1S/C19H23N3O5/c23-15(10-27-17(25)14-2-1-3-20-16(14)24)21-18(26)22-19-7-11-4-12(8-19)6-13(5-11)9-19/h1-3,11-13H,4-10H2,(H,20,24)(H2,21,22,23,26). The number of ether oxygens (including phenoxy) is 1. The number of H-pyrrole nitrogens is 1. The van der Waals surface area contributed by atoms with Crippen LogP contribution in [0.2, 0.25) is 0 Å². The maximum Gasteiger partial charge on any atom is 0.344 e. The Bertz CT molecular complexity index is 795. The Kier molecular flexibility index (Phi) is 4.49. The fourth-order valence-electron chi connectivity index (χ4n) is 5.49. The van der Waals surface area contributed by atoms with Gasteiger partial charge in [-0.25, -0.2) is 9.59 Å². The van der Waals surface area contributed by atoms with Crippen molar-refractivity contribution >= 4 is 17.9 Å². The minimum absolute atomic E-state index is 0.191. The molecule has 0 aliphatic heterocycles. The third kappa shape index (κ3) is 3.74. The number of amides is 3. The molecule has 0 unspecified atom stereocenters. The van der Waals surface area contributed by atoms with Crippen molar-refractivity contribution in [1.29, 1.82) is 0 Å². The third-order valence-corrected chi connectivity index (χ3v) is 6.04. The van der Waals surface area contributed by atoms with E-state index in [-0.39, 0.29) is 11.1 Å². The number of hydrogen-bond acceptors (Lipinski definition) is 5. The first-order chi connectivity index (χ1) is 12.9. The molecule has 1 aromatic rings. The fourth-order valence-corrected chi connectivity index (χ4v) is 5.49. The minimum Gasteiger partial charge on any atom is -0.452 e. The third-order valence-electron chi connectivity index (χ3n) is 6.04. The highest BCUT2D eigenvalue weighted by Gasteiger charge is 2.51. The Hall–Kier alpha value is -2.64. The largest absolute Gasteiger partial charge is 0.452 e. The van der Waals surface area contributed by atoms with Gasteiger partial charge in [-0.1, -0.05) is 0 Å². The highest BCUT2D eigenvalue weighted by atomic mass is 16.5. The summed E-state index contributed by atoms with van der Waals surface area (Å²) < 4.78 is 4.81. The summed E-state index contributed by atoms with van der Waals surface area (Å²) in [7, 11) is 0. The Labute approximate surface area is 156 Å². The summed E-state index contributed by atoms with van der Waals surface area (Å²) in [6.07, 6.45) is 8.11. The van der Waals surface area contributed by atoms with E-state index in [0.29, 0.717) is 17.8 Å². The lowest BCUT2D eigenvalue weighted by Crippen LogP contribution is -2.62. The first kappa shape index (κ1) is 17.8. The van der Waals surface area contributed by atoms with Gasteiger partial charge in [-0.05, 0) is 68.4 Å². The van der Waals surface area contributed by atoms with E-state index in [1.54, 1.807) is 0 Å². The van der Waals surface area contributed by atoms with Crippen LogP contribution in [0.4, 0.5) is 4.79 Å². The number of hydrogen-bond donors (Lipinski definition) is 3. The zero-order valence-electron chi connectivity index (χ0n) is 15.0. The maximum atomic E-state index is 12.3. The van der Waals surface area contributed by atoms with Crippen molar-refractivity contribution in [2.45, 2.75) is 44.1 Å². The topological polar surface area (TPSA) is 117 Å². The Balaban J connectivity index is 1.27. The van der Waals surface area contributed by atoms with Gasteiger partial charge in [0.05, 0.1) is 0 Å². The molecule has 0 atom stereocenters. The van der Waals surface area contributed by atoms with Crippen molar-refractivity contribution in [1.82, 2.24) is 15.6 Å². The number of carbonyl (C=O) groups is 3. The number of pyridine rings is 1. The molecule has 4 aliphatic rings. The van der Waals surface area contributed by atoms with Gasteiger partial charge >= 0.3 is 12.0 Å². The smallest absolute Gasteiger partial charge is 0.344 e. The van der Waals surface area contributed by atoms with Gasteiger partial charge in [-0.2, -0.15) is 0 Å². The lowest BCUT2D eigenvalue weighted by Gasteiger charge is -2.56. The predicted molar refractivity (Wildman–Crippen MR) is 94.9 cm³/mol. The number of aromatic amines is 1. The summed E-state index contributed by atoms with van der Waals surface area (Å²) >= 11 is 0. The van der Waals surface area contributed by atoms with Gasteiger partial charge in [-0.3, -0.25) is 14.9 Å². The van der Waals surface area contributed by atoms with E-state index in [1.807, 2.05) is 0 Å². The number of nitrogens with one attached hydrogen (secondary N) is 3. The molecule has 0 radical (unpaired) electrons. The molecule has 0 saturated heterocycles. The minimum atomic E-state index is -0.909. The summed E-state index contributed by atoms with van der Waals surface area (Å²) in [4.78, 5) is 49.9. The second-order valence-corrected chi connectivity index (χ2v) is 8.19. The molecule has 4 aliphatic carbocycles. The fraction of sp³-hybridized carbons (Fsp3) is 0.579. The number of urea groups is 1. The molecule has 3 amide bonds. The zero-order valence-corrected chi connectivity index (χ0v) is 15.0. The SMILES string of the molecule is O=C(COC(=O)c1ccc[nH]c1=O)NC(=O)NC12CC3CC(CC(C3)C1)C2. The van der Waals surface area contributed by atoms with Gasteiger partial charge in [0.25, 0.3) is 11.5 Å². The summed E-state index contributed by atoms with van der Waals surface area (Å²) in [5.41, 5.74) is -0.988. The molecule has 5 rings (SSSR count). The second-order valence-electron chi connectivity index (χ2n) is 8.19. The predicted octanol–water partition coefficient (Wildman–Crippen LogP) is 1.33. The quantitative estimate of drug-likeness (QED) is 0.688. The average Bonchev–Trinajstić information content (AvgIpc) is 2.58. The number of esters is 1. The molecule has 27 heavy (non-hydrogen) atoms. The summed E-state index contributed by atoms with van der Waals surface area (Å²) in [5, 5.41) is 5.24. The van der Waals surface area contributed by atoms with Crippen LogP contribution in [0.15, 0.2) is 23.1 Å². The van der Waals surface area contributed by atoms with Crippen LogP contribution in [0.25, 0.3) is 0 Å². The molecule has 4 bridgehead atoms. The van der Waals surface area contributed by atoms with Crippen molar-refractivity contribution in [2.75, 3.05) is 6.61 Å². The van der Waals surface area contributed by atoms with E-state index in [4.69, 9.17) is 4.74 Å². The number of aromatic nitrogens is 1. The van der Waals surface area contributed by atoms with E-state index in [1.165, 1.54) is 37.6 Å². The zero-order chi connectivity index (χ0) is 19.0. The first-order valence-corrected chi connectivity index (χ1v) is 9.39. The molecule has 8 heteroatoms. The highest BCUT2D eigenvalue weighted by Crippen LogP contribution is 2.55.